The quantitative estimate of drug-likeness (QED) is 0.377. The van der Waals surface area contributed by atoms with Gasteiger partial charge in [0.1, 0.15) is 18.8 Å². The summed E-state index contributed by atoms with van der Waals surface area (Å²) in [6, 6.07) is 0. The van der Waals surface area contributed by atoms with E-state index in [2.05, 4.69) is 22.4 Å². The summed E-state index contributed by atoms with van der Waals surface area (Å²) in [5, 5.41) is 4.10. The van der Waals surface area contributed by atoms with Crippen molar-refractivity contribution in [3.63, 3.8) is 0 Å². The molecule has 0 amide bonds. The van der Waals surface area contributed by atoms with E-state index in [0.29, 0.717) is 6.61 Å². The first-order valence-electron chi connectivity index (χ1n) is 6.06. The Kier molecular flexibility index (Phi) is 11.3. The van der Waals surface area contributed by atoms with Crippen LogP contribution in [0.3, 0.4) is 0 Å². The number of rotatable bonds is 6. The molecule has 7 nitrogen and oxygen atoms in total. The topological polar surface area (TPSA) is 122 Å². The third-order valence-corrected chi connectivity index (χ3v) is 5.58. The number of esters is 1. The lowest BCUT2D eigenvalue weighted by molar-refractivity contribution is -2.00. The van der Waals surface area contributed by atoms with Crippen molar-refractivity contribution in [2.24, 2.45) is 0 Å². The second-order valence-corrected chi connectivity index (χ2v) is 7.68. The van der Waals surface area contributed by atoms with Crippen molar-refractivity contribution in [3.8, 4) is 0 Å². The summed E-state index contributed by atoms with van der Waals surface area (Å²) in [5.41, 5.74) is 0. The first-order chi connectivity index (χ1) is 10.2. The molecule has 0 aromatic carbocycles. The molecule has 0 bridgehead atoms. The molecule has 128 valence electrons. The van der Waals surface area contributed by atoms with Gasteiger partial charge in [0.2, 0.25) is 0 Å². The zero-order chi connectivity index (χ0) is 17.2. The van der Waals surface area contributed by atoms with Crippen LogP contribution in [0.15, 0.2) is 10.8 Å². The number of thioether (sulfide) groups is 1. The van der Waals surface area contributed by atoms with E-state index in [0.717, 1.165) is 13.0 Å². The Morgan fingerprint density at radius 3 is 2.27 bits per heavy atom. The maximum absolute atomic E-state index is 11.6. The van der Waals surface area contributed by atoms with Crippen LogP contribution in [0.1, 0.15) is 13.3 Å². The summed E-state index contributed by atoms with van der Waals surface area (Å²) in [5.74, 6) is -0.0942. The van der Waals surface area contributed by atoms with Crippen LogP contribution in [-0.2, 0) is 9.53 Å². The van der Waals surface area contributed by atoms with Crippen LogP contribution in [0.2, 0.25) is 0 Å². The summed E-state index contributed by atoms with van der Waals surface area (Å²) in [6.45, 7) is 3.18. The van der Waals surface area contributed by atoms with Gasteiger partial charge in [0.15, 0.2) is 0 Å². The molecule has 0 aliphatic rings. The maximum Gasteiger partial charge on any atom is 0.319 e. The molecule has 1 aromatic rings. The molecule has 0 radical (unpaired) electrons. The third kappa shape index (κ3) is 11.4. The highest BCUT2D eigenvalue weighted by molar-refractivity contribution is 7.99. The number of carbonyl (C=O) groups is 1. The van der Waals surface area contributed by atoms with Crippen LogP contribution in [0, 0.1) is 10.2 Å². The largest absolute Gasteiger partial charge is 0.465 e. The highest BCUT2D eigenvalue weighted by Gasteiger charge is 2.20. The molecule has 1 atom stereocenters. The fourth-order valence-corrected chi connectivity index (χ4v) is 3.73. The van der Waals surface area contributed by atoms with Crippen molar-refractivity contribution in [1.29, 1.82) is 0 Å². The number of hydrogen-bond acceptors (Lipinski definition) is 9. The number of halogens is 1. The fourth-order valence-electron chi connectivity index (χ4n) is 1.35. The molecule has 0 spiro atoms. The highest BCUT2D eigenvalue weighted by atomic mass is 35.7. The van der Waals surface area contributed by atoms with Crippen LogP contribution in [-0.4, -0.2) is 37.7 Å². The molecule has 0 N–H and O–H groups in total. The van der Waals surface area contributed by atoms with Crippen molar-refractivity contribution in [3.05, 3.63) is 14.7 Å². The van der Waals surface area contributed by atoms with Gasteiger partial charge in [-0.25, -0.2) is 23.2 Å². The third-order valence-electron chi connectivity index (χ3n) is 2.27. The van der Waals surface area contributed by atoms with E-state index in [9.17, 15) is 4.79 Å². The molecule has 1 aromatic heterocycles. The van der Waals surface area contributed by atoms with Crippen LogP contribution >= 0.6 is 34.4 Å². The van der Waals surface area contributed by atoms with E-state index in [1.165, 1.54) is 3.98 Å². The standard InChI is InChI=1S/C11H18NO2S3.ClHO4/c1-4-14-10(13)9(15-3)5-6-12(2)11-16-7-8-17-11;2-1(3,4)5/h7-9H,4-6H2,1-3H3;(H,2,3,4,5)/q+1;/p-1. The van der Waals surface area contributed by atoms with E-state index in [1.54, 1.807) is 34.4 Å². The number of hydrogen-bond donors (Lipinski definition) is 0. The van der Waals surface area contributed by atoms with Crippen molar-refractivity contribution in [2.75, 3.05) is 26.5 Å². The minimum absolute atomic E-state index is 0.0534. The molecule has 22 heavy (non-hydrogen) atoms. The molecule has 1 unspecified atom stereocenters. The van der Waals surface area contributed by atoms with E-state index < -0.39 is 10.2 Å². The second-order valence-electron chi connectivity index (χ2n) is 3.84. The molecule has 1 rings (SSSR count). The van der Waals surface area contributed by atoms with Crippen molar-refractivity contribution >= 4 is 40.4 Å². The fraction of sp³-hybridized carbons (Fsp3) is 0.636. The van der Waals surface area contributed by atoms with Crippen molar-refractivity contribution < 1.29 is 38.4 Å². The van der Waals surface area contributed by atoms with Gasteiger partial charge in [-0.2, -0.15) is 0 Å². The van der Waals surface area contributed by atoms with Gasteiger partial charge >= 0.3 is 9.95 Å². The predicted octanol–water partition coefficient (Wildman–Crippen LogP) is -2.86. The molecule has 0 aliphatic carbocycles. The minimum Gasteiger partial charge on any atom is -0.465 e. The van der Waals surface area contributed by atoms with Crippen LogP contribution in [0.5, 0.6) is 0 Å². The Bertz CT molecular complexity index is 476. The molecule has 0 aliphatic heterocycles. The summed E-state index contributed by atoms with van der Waals surface area (Å²) in [7, 11) is -2.88. The van der Waals surface area contributed by atoms with Crippen LogP contribution < -0.4 is 27.2 Å². The van der Waals surface area contributed by atoms with Crippen molar-refractivity contribution in [2.45, 2.75) is 18.6 Å². The maximum atomic E-state index is 11.6. The van der Waals surface area contributed by atoms with E-state index in [-0.39, 0.29) is 11.2 Å². The van der Waals surface area contributed by atoms with Gasteiger partial charge in [0, 0.05) is 17.2 Å². The number of nitrogens with zero attached hydrogens (tertiary/aromatic N) is 1. The molecule has 11 heteroatoms. The van der Waals surface area contributed by atoms with Crippen LogP contribution in [0.25, 0.3) is 0 Å². The van der Waals surface area contributed by atoms with Gasteiger partial charge < -0.3 is 4.74 Å². The van der Waals surface area contributed by atoms with Gasteiger partial charge in [-0.3, -0.25) is 4.79 Å². The number of ether oxygens (including phenoxy) is 1. The van der Waals surface area contributed by atoms with Gasteiger partial charge in [0.05, 0.1) is 6.61 Å². The number of carbonyl (C=O) groups excluding carboxylic acids is 1. The summed E-state index contributed by atoms with van der Waals surface area (Å²) in [6.07, 6.45) is 2.77. The normalized spacial score (nSPS) is 12.1. The van der Waals surface area contributed by atoms with Gasteiger partial charge in [-0.05, 0) is 13.2 Å². The Balaban J connectivity index is 0.000000763. The van der Waals surface area contributed by atoms with E-state index >= 15 is 0 Å². The summed E-state index contributed by atoms with van der Waals surface area (Å²) >= 11 is 5.02. The second kappa shape index (κ2) is 11.4. The lowest BCUT2D eigenvalue weighted by atomic mass is 10.3. The summed E-state index contributed by atoms with van der Waals surface area (Å²) in [4.78, 5) is 11.6. The molecular weight excluding hydrogens is 374 g/mol. The Labute approximate surface area is 143 Å². The highest BCUT2D eigenvalue weighted by Crippen LogP contribution is 2.12. The van der Waals surface area contributed by atoms with Gasteiger partial charge in [0.25, 0.3) is 0 Å². The smallest absolute Gasteiger partial charge is 0.319 e. The Morgan fingerprint density at radius 2 is 1.86 bits per heavy atom. The monoisotopic (exact) mass is 391 g/mol. The average Bonchev–Trinajstić information content (AvgIpc) is 2.91. The summed E-state index contributed by atoms with van der Waals surface area (Å²) < 4.78 is 42.5. The van der Waals surface area contributed by atoms with Crippen LogP contribution in [0.4, 0.5) is 0 Å². The van der Waals surface area contributed by atoms with Gasteiger partial charge in [-0.1, -0.05) is 22.7 Å². The SMILES string of the molecule is CCOC(=O)C(CC[N+](C)=c1sccs1)SC.[O-][Cl+3]([O-])([O-])[O-]. The molecule has 1 heterocycles. The lowest BCUT2D eigenvalue weighted by Gasteiger charge is -2.17. The molecule has 0 fully saturated rings. The van der Waals surface area contributed by atoms with E-state index in [1.807, 2.05) is 13.2 Å². The van der Waals surface area contributed by atoms with E-state index in [4.69, 9.17) is 23.4 Å². The first-order valence-corrected chi connectivity index (χ1v) is 10.3. The average molecular weight is 392 g/mol. The lowest BCUT2D eigenvalue weighted by Crippen LogP contribution is -2.68. The van der Waals surface area contributed by atoms with Crippen molar-refractivity contribution in [1.82, 2.24) is 4.58 Å². The zero-order valence-electron chi connectivity index (χ0n) is 12.4. The first kappa shape index (κ1) is 21.8. The Hall–Kier alpha value is -0.200. The molecular formula is C11H18ClNO6S3. The predicted molar refractivity (Wildman–Crippen MR) is 76.8 cm³/mol. The molecule has 0 saturated heterocycles. The minimum atomic E-state index is -4.94. The Morgan fingerprint density at radius 1 is 1.36 bits per heavy atom. The zero-order valence-corrected chi connectivity index (χ0v) is 15.6. The molecule has 0 saturated carbocycles. The van der Waals surface area contributed by atoms with Gasteiger partial charge in [-0.15, -0.1) is 22.0 Å².